The van der Waals surface area contributed by atoms with Crippen LogP contribution in [-0.2, 0) is 7.05 Å². The molecule has 2 unspecified atom stereocenters. The van der Waals surface area contributed by atoms with E-state index >= 15 is 0 Å². The van der Waals surface area contributed by atoms with Crippen LogP contribution >= 0.6 is 11.3 Å². The summed E-state index contributed by atoms with van der Waals surface area (Å²) < 4.78 is 1.77. The topological polar surface area (TPSA) is 93.5 Å². The minimum absolute atomic E-state index is 0.162. The molecule has 0 spiro atoms. The molecule has 0 saturated heterocycles. The summed E-state index contributed by atoms with van der Waals surface area (Å²) in [6, 6.07) is 7.25. The molecule has 1 heterocycles. The molecule has 0 bridgehead atoms. The number of hydrogen-bond acceptors (Lipinski definition) is 5. The number of amides is 1. The van der Waals surface area contributed by atoms with Crippen molar-refractivity contribution < 1.29 is 9.90 Å². The number of hydrogen-bond donors (Lipinski definition) is 2. The average molecular weight is 332 g/mol. The second-order valence-corrected chi connectivity index (χ2v) is 6.81. The Hall–Kier alpha value is -1.99. The van der Waals surface area contributed by atoms with E-state index in [-0.39, 0.29) is 12.1 Å². The molecule has 122 valence electrons. The van der Waals surface area contributed by atoms with Gasteiger partial charge < -0.3 is 10.8 Å². The van der Waals surface area contributed by atoms with Gasteiger partial charge in [0.2, 0.25) is 10.7 Å². The Morgan fingerprint density at radius 3 is 2.78 bits per heavy atom. The summed E-state index contributed by atoms with van der Waals surface area (Å²) in [5.41, 5.74) is 6.67. The Morgan fingerprint density at radius 2 is 2.13 bits per heavy atom. The number of rotatable bonds is 3. The number of aliphatic hydroxyl groups is 1. The van der Waals surface area contributed by atoms with Crippen LogP contribution in [0.1, 0.15) is 36.0 Å². The number of carbonyl (C=O) groups excluding carboxylic acids is 1. The number of primary amides is 1. The Kier molecular flexibility index (Phi) is 4.58. The van der Waals surface area contributed by atoms with E-state index in [1.807, 2.05) is 19.2 Å². The van der Waals surface area contributed by atoms with Crippen LogP contribution in [0.5, 0.6) is 0 Å². The second kappa shape index (κ2) is 6.64. The number of aromatic nitrogens is 2. The first-order valence-corrected chi connectivity index (χ1v) is 8.51. The molecule has 0 aliphatic heterocycles. The molecule has 2 aromatic rings. The highest BCUT2D eigenvalue weighted by Crippen LogP contribution is 2.22. The van der Waals surface area contributed by atoms with Crippen LogP contribution in [0.4, 0.5) is 0 Å². The van der Waals surface area contributed by atoms with E-state index in [1.54, 1.807) is 16.8 Å². The van der Waals surface area contributed by atoms with Gasteiger partial charge in [-0.15, -0.1) is 0 Å². The molecule has 1 aromatic carbocycles. The molecule has 1 fully saturated rings. The van der Waals surface area contributed by atoms with Crippen molar-refractivity contribution in [2.45, 2.75) is 37.8 Å². The highest BCUT2D eigenvalue weighted by atomic mass is 32.1. The van der Waals surface area contributed by atoms with E-state index < -0.39 is 5.91 Å². The van der Waals surface area contributed by atoms with Crippen molar-refractivity contribution in [1.82, 2.24) is 9.78 Å². The van der Waals surface area contributed by atoms with E-state index in [2.05, 4.69) is 5.10 Å². The van der Waals surface area contributed by atoms with Gasteiger partial charge in [-0.05, 0) is 37.8 Å². The maximum atomic E-state index is 11.1. The minimum Gasteiger partial charge on any atom is -0.393 e. The summed E-state index contributed by atoms with van der Waals surface area (Å²) in [5, 5.41) is 15.1. The van der Waals surface area contributed by atoms with Crippen LogP contribution in [0.15, 0.2) is 29.3 Å². The lowest BCUT2D eigenvalue weighted by atomic mass is 9.94. The molecule has 0 radical (unpaired) electrons. The predicted molar refractivity (Wildman–Crippen MR) is 88.9 cm³/mol. The van der Waals surface area contributed by atoms with Crippen molar-refractivity contribution >= 4 is 17.2 Å². The van der Waals surface area contributed by atoms with Crippen molar-refractivity contribution in [3.8, 4) is 10.6 Å². The molecule has 1 aliphatic carbocycles. The fourth-order valence-corrected chi connectivity index (χ4v) is 3.73. The van der Waals surface area contributed by atoms with Crippen LogP contribution in [0.3, 0.4) is 0 Å². The number of aryl methyl sites for hydroxylation is 1. The normalized spacial score (nSPS) is 22.3. The highest BCUT2D eigenvalue weighted by Gasteiger charge is 2.19. The summed E-state index contributed by atoms with van der Waals surface area (Å²) in [7, 11) is 1.87. The predicted octanol–water partition coefficient (Wildman–Crippen LogP) is 1.45. The van der Waals surface area contributed by atoms with Crippen molar-refractivity contribution in [3.63, 3.8) is 0 Å². The molecule has 2 atom stereocenters. The number of benzene rings is 1. The molecule has 3 N–H and O–H groups in total. The molecule has 1 amide bonds. The fraction of sp³-hybridized carbons (Fsp3) is 0.438. The van der Waals surface area contributed by atoms with Gasteiger partial charge in [0.25, 0.3) is 0 Å². The smallest absolute Gasteiger partial charge is 0.248 e. The molecule has 7 heteroatoms. The molecule has 3 rings (SSSR count). The van der Waals surface area contributed by atoms with Gasteiger partial charge >= 0.3 is 0 Å². The van der Waals surface area contributed by atoms with Gasteiger partial charge in [0.1, 0.15) is 5.01 Å². The summed E-state index contributed by atoms with van der Waals surface area (Å²) in [5.74, 6) is -0.437. The Bertz CT molecular complexity index is 763. The number of carbonyl (C=O) groups is 1. The van der Waals surface area contributed by atoms with Crippen molar-refractivity contribution in [3.05, 3.63) is 34.6 Å². The Balaban J connectivity index is 1.87. The zero-order valence-electron chi connectivity index (χ0n) is 13.0. The molecule has 1 aromatic heterocycles. The third kappa shape index (κ3) is 3.68. The summed E-state index contributed by atoms with van der Waals surface area (Å²) in [4.78, 5) is 16.7. The van der Waals surface area contributed by atoms with Crippen LogP contribution < -0.4 is 10.5 Å². The summed E-state index contributed by atoms with van der Waals surface area (Å²) >= 11 is 1.51. The van der Waals surface area contributed by atoms with Crippen molar-refractivity contribution in [1.29, 1.82) is 0 Å². The van der Waals surface area contributed by atoms with Gasteiger partial charge in [-0.1, -0.05) is 23.5 Å². The first-order valence-electron chi connectivity index (χ1n) is 7.69. The fourth-order valence-electron chi connectivity index (χ4n) is 2.77. The first-order chi connectivity index (χ1) is 11.0. The highest BCUT2D eigenvalue weighted by molar-refractivity contribution is 7.12. The van der Waals surface area contributed by atoms with Gasteiger partial charge in [-0.2, -0.15) is 5.10 Å². The van der Waals surface area contributed by atoms with E-state index in [0.717, 1.165) is 41.1 Å². The zero-order valence-corrected chi connectivity index (χ0v) is 13.8. The number of aliphatic hydroxyl groups excluding tert-OH is 1. The average Bonchev–Trinajstić information content (AvgIpc) is 2.88. The van der Waals surface area contributed by atoms with E-state index in [4.69, 9.17) is 10.7 Å². The monoisotopic (exact) mass is 332 g/mol. The minimum atomic E-state index is -0.437. The lowest BCUT2D eigenvalue weighted by molar-refractivity contribution is 0.1000. The molecular formula is C16H20N4O2S. The third-order valence-electron chi connectivity index (χ3n) is 4.03. The van der Waals surface area contributed by atoms with Gasteiger partial charge in [0.15, 0.2) is 0 Å². The molecule has 23 heavy (non-hydrogen) atoms. The maximum absolute atomic E-state index is 11.1. The van der Waals surface area contributed by atoms with E-state index in [0.29, 0.717) is 5.56 Å². The standard InChI is InChI=1S/C16H20N4O2S/c1-20-16(18-12-3-2-4-13(21)9-12)23-15(19-20)11-7-5-10(6-8-11)14(17)22/h5-8,12-13,21H,2-4,9H2,1H3,(H2,17,22)/b18-16+. The molecule has 6 nitrogen and oxygen atoms in total. The lowest BCUT2D eigenvalue weighted by Crippen LogP contribution is -2.25. The van der Waals surface area contributed by atoms with Crippen LogP contribution in [0, 0.1) is 0 Å². The Morgan fingerprint density at radius 1 is 1.39 bits per heavy atom. The third-order valence-corrected chi connectivity index (χ3v) is 5.10. The van der Waals surface area contributed by atoms with Crippen LogP contribution in [0.2, 0.25) is 0 Å². The second-order valence-electron chi connectivity index (χ2n) is 5.86. The van der Waals surface area contributed by atoms with Crippen LogP contribution in [-0.4, -0.2) is 32.9 Å². The van der Waals surface area contributed by atoms with Gasteiger partial charge in [-0.3, -0.25) is 9.79 Å². The molecular weight excluding hydrogens is 312 g/mol. The van der Waals surface area contributed by atoms with Gasteiger partial charge in [0, 0.05) is 18.2 Å². The molecule has 1 aliphatic rings. The number of nitrogens with zero attached hydrogens (tertiary/aromatic N) is 3. The number of nitrogens with two attached hydrogens (primary N) is 1. The van der Waals surface area contributed by atoms with Crippen LogP contribution in [0.25, 0.3) is 10.6 Å². The summed E-state index contributed by atoms with van der Waals surface area (Å²) in [6.45, 7) is 0. The maximum Gasteiger partial charge on any atom is 0.248 e. The Labute approximate surface area is 138 Å². The van der Waals surface area contributed by atoms with Gasteiger partial charge in [0.05, 0.1) is 12.1 Å². The van der Waals surface area contributed by atoms with E-state index in [9.17, 15) is 9.90 Å². The van der Waals surface area contributed by atoms with Crippen molar-refractivity contribution in [2.24, 2.45) is 17.8 Å². The first kappa shape index (κ1) is 15.9. The van der Waals surface area contributed by atoms with E-state index in [1.165, 1.54) is 11.3 Å². The lowest BCUT2D eigenvalue weighted by Gasteiger charge is -2.22. The summed E-state index contributed by atoms with van der Waals surface area (Å²) in [6.07, 6.45) is 3.38. The largest absolute Gasteiger partial charge is 0.393 e. The molecule has 1 saturated carbocycles. The van der Waals surface area contributed by atoms with Gasteiger partial charge in [-0.25, -0.2) is 4.68 Å². The SMILES string of the molecule is Cn1nc(-c2ccc(C(N)=O)cc2)s/c1=N/C1CCCC(O)C1. The quantitative estimate of drug-likeness (QED) is 0.891. The van der Waals surface area contributed by atoms with Crippen molar-refractivity contribution in [2.75, 3.05) is 0 Å². The zero-order chi connectivity index (χ0) is 16.4.